The van der Waals surface area contributed by atoms with Crippen LogP contribution in [0.5, 0.6) is 5.75 Å². The van der Waals surface area contributed by atoms with E-state index in [-0.39, 0.29) is 18.2 Å². The molecule has 10 heteroatoms. The van der Waals surface area contributed by atoms with Crippen molar-refractivity contribution in [3.8, 4) is 5.75 Å². The van der Waals surface area contributed by atoms with Crippen LogP contribution in [0.2, 0.25) is 0 Å². The maximum Gasteiger partial charge on any atom is 0.329 e. The van der Waals surface area contributed by atoms with Gasteiger partial charge < -0.3 is 15.2 Å². The number of rotatable bonds is 8. The molecule has 0 aliphatic rings. The molecule has 10 nitrogen and oxygen atoms in total. The third-order valence-corrected chi connectivity index (χ3v) is 2.82. The molecule has 0 aliphatic heterocycles. The van der Waals surface area contributed by atoms with Crippen molar-refractivity contribution in [2.24, 2.45) is 5.10 Å². The van der Waals surface area contributed by atoms with Gasteiger partial charge in [0.25, 0.3) is 5.69 Å². The molecule has 1 aromatic rings. The lowest BCUT2D eigenvalue weighted by Gasteiger charge is -2.07. The standard InChI is InChI=1S/C15H20N4O6/c1-10(2)25-7-3-6-16-14(21)15(22)18-17-9-11-4-5-13(20)12(8-11)19(23)24/h4-5,8-10,20H,3,6-7H2,1-2H3,(H,16,21)(H,18,22)/p-1/b17-9-. The second-order valence-corrected chi connectivity index (χ2v) is 5.21. The van der Waals surface area contributed by atoms with E-state index in [0.717, 1.165) is 18.3 Å². The third kappa shape index (κ3) is 7.40. The third-order valence-electron chi connectivity index (χ3n) is 2.82. The quantitative estimate of drug-likeness (QED) is 0.222. The summed E-state index contributed by atoms with van der Waals surface area (Å²) in [6.07, 6.45) is 1.75. The van der Waals surface area contributed by atoms with E-state index in [2.05, 4.69) is 10.4 Å². The van der Waals surface area contributed by atoms with Crippen molar-refractivity contribution >= 4 is 23.7 Å². The molecule has 0 aliphatic carbocycles. The summed E-state index contributed by atoms with van der Waals surface area (Å²) in [6, 6.07) is 3.35. The zero-order chi connectivity index (χ0) is 18.8. The van der Waals surface area contributed by atoms with Crippen LogP contribution in [0.25, 0.3) is 0 Å². The highest BCUT2D eigenvalue weighted by Crippen LogP contribution is 2.22. The second-order valence-electron chi connectivity index (χ2n) is 5.21. The zero-order valence-electron chi connectivity index (χ0n) is 13.9. The SMILES string of the molecule is CC(C)OCCCNC(=O)C(=O)N/N=C\c1ccc([O-])c([N+](=O)[O-])c1. The van der Waals surface area contributed by atoms with Crippen LogP contribution in [0.1, 0.15) is 25.8 Å². The van der Waals surface area contributed by atoms with Gasteiger partial charge in [-0.3, -0.25) is 19.7 Å². The number of hydrogen-bond donors (Lipinski definition) is 2. The Morgan fingerprint density at radius 3 is 2.72 bits per heavy atom. The first-order valence-electron chi connectivity index (χ1n) is 7.49. The van der Waals surface area contributed by atoms with Gasteiger partial charge in [-0.15, -0.1) is 0 Å². The summed E-state index contributed by atoms with van der Waals surface area (Å²) in [4.78, 5) is 32.9. The van der Waals surface area contributed by atoms with Gasteiger partial charge in [0.05, 0.1) is 17.2 Å². The van der Waals surface area contributed by atoms with Crippen LogP contribution in [0.4, 0.5) is 5.69 Å². The molecule has 0 saturated carbocycles. The van der Waals surface area contributed by atoms with Gasteiger partial charge >= 0.3 is 11.8 Å². The summed E-state index contributed by atoms with van der Waals surface area (Å²) in [5, 5.41) is 27.8. The molecule has 0 saturated heterocycles. The molecular weight excluding hydrogens is 332 g/mol. The lowest BCUT2D eigenvalue weighted by Crippen LogP contribution is -2.38. The first kappa shape index (κ1) is 20.0. The number of carbonyl (C=O) groups is 2. The highest BCUT2D eigenvalue weighted by atomic mass is 16.6. The molecule has 0 aromatic heterocycles. The molecule has 0 radical (unpaired) electrons. The fourth-order valence-corrected chi connectivity index (χ4v) is 1.65. The molecule has 0 spiro atoms. The minimum absolute atomic E-state index is 0.0971. The molecule has 2 N–H and O–H groups in total. The van der Waals surface area contributed by atoms with E-state index in [1.807, 2.05) is 19.3 Å². The average molecular weight is 351 g/mol. The smallest absolute Gasteiger partial charge is 0.329 e. The molecule has 0 bridgehead atoms. The number of ether oxygens (including phenoxy) is 1. The van der Waals surface area contributed by atoms with Crippen LogP contribution in [-0.2, 0) is 14.3 Å². The van der Waals surface area contributed by atoms with Crippen LogP contribution >= 0.6 is 0 Å². The van der Waals surface area contributed by atoms with E-state index in [1.165, 1.54) is 6.07 Å². The predicted molar refractivity (Wildman–Crippen MR) is 87.0 cm³/mol. The molecule has 136 valence electrons. The van der Waals surface area contributed by atoms with Gasteiger partial charge in [-0.1, -0.05) is 12.1 Å². The Labute approximate surface area is 144 Å². The zero-order valence-corrected chi connectivity index (χ0v) is 13.9. The Hall–Kier alpha value is -3.01. The van der Waals surface area contributed by atoms with E-state index < -0.39 is 28.2 Å². The van der Waals surface area contributed by atoms with Gasteiger partial charge in [-0.2, -0.15) is 5.10 Å². The molecule has 1 aromatic carbocycles. The fourth-order valence-electron chi connectivity index (χ4n) is 1.65. The summed E-state index contributed by atoms with van der Waals surface area (Å²) in [7, 11) is 0. The number of nitrogens with zero attached hydrogens (tertiary/aromatic N) is 2. The van der Waals surface area contributed by atoms with Crippen LogP contribution in [-0.4, -0.2) is 42.2 Å². The Morgan fingerprint density at radius 1 is 1.36 bits per heavy atom. The number of hydrazone groups is 1. The fraction of sp³-hybridized carbons (Fsp3) is 0.400. The number of benzene rings is 1. The van der Waals surface area contributed by atoms with Crippen molar-refractivity contribution in [3.05, 3.63) is 33.9 Å². The lowest BCUT2D eigenvalue weighted by atomic mass is 10.2. The van der Waals surface area contributed by atoms with Crippen LogP contribution in [0, 0.1) is 10.1 Å². The van der Waals surface area contributed by atoms with E-state index in [9.17, 15) is 24.8 Å². The molecule has 0 unspecified atom stereocenters. The van der Waals surface area contributed by atoms with E-state index in [1.54, 1.807) is 0 Å². The molecule has 0 fully saturated rings. The van der Waals surface area contributed by atoms with Crippen molar-refractivity contribution < 1.29 is 24.4 Å². The number of nitrogens with one attached hydrogen (secondary N) is 2. The van der Waals surface area contributed by atoms with Crippen LogP contribution < -0.4 is 15.8 Å². The number of hydrogen-bond acceptors (Lipinski definition) is 7. The number of nitro groups is 1. The highest BCUT2D eigenvalue weighted by molar-refractivity contribution is 6.35. The average Bonchev–Trinajstić information content (AvgIpc) is 2.55. The minimum Gasteiger partial charge on any atom is -0.868 e. The number of amides is 2. The summed E-state index contributed by atoms with van der Waals surface area (Å²) in [6.45, 7) is 4.53. The van der Waals surface area contributed by atoms with Crippen molar-refractivity contribution in [2.75, 3.05) is 13.2 Å². The molecular formula is C15H19N4O6-. The maximum atomic E-state index is 11.5. The van der Waals surface area contributed by atoms with E-state index in [4.69, 9.17) is 4.74 Å². The topological polar surface area (TPSA) is 146 Å². The van der Waals surface area contributed by atoms with Gasteiger partial charge in [-0.05, 0) is 26.0 Å². The molecule has 2 amide bonds. The van der Waals surface area contributed by atoms with Gasteiger partial charge in [-0.25, -0.2) is 5.43 Å². The first-order chi connectivity index (χ1) is 11.8. The van der Waals surface area contributed by atoms with Crippen molar-refractivity contribution in [2.45, 2.75) is 26.4 Å². The Balaban J connectivity index is 2.42. The van der Waals surface area contributed by atoms with Gasteiger partial charge in [0.1, 0.15) is 0 Å². The van der Waals surface area contributed by atoms with Crippen molar-refractivity contribution in [1.29, 1.82) is 0 Å². The molecule has 25 heavy (non-hydrogen) atoms. The van der Waals surface area contributed by atoms with Gasteiger partial charge in [0, 0.05) is 24.8 Å². The number of nitro benzene ring substituents is 1. The van der Waals surface area contributed by atoms with Crippen LogP contribution in [0.15, 0.2) is 23.3 Å². The summed E-state index contributed by atoms with van der Waals surface area (Å²) in [5.41, 5.74) is 1.63. The van der Waals surface area contributed by atoms with E-state index in [0.29, 0.717) is 13.0 Å². The van der Waals surface area contributed by atoms with E-state index >= 15 is 0 Å². The Kier molecular flexibility index (Phi) is 8.00. The van der Waals surface area contributed by atoms with Crippen LogP contribution in [0.3, 0.4) is 0 Å². The predicted octanol–water partition coefficient (Wildman–Crippen LogP) is 0.0498. The molecule has 1 rings (SSSR count). The molecule has 0 heterocycles. The summed E-state index contributed by atoms with van der Waals surface area (Å²) >= 11 is 0. The second kappa shape index (κ2) is 9.98. The van der Waals surface area contributed by atoms with Crippen molar-refractivity contribution in [1.82, 2.24) is 10.7 Å². The Bertz CT molecular complexity index is 659. The minimum atomic E-state index is -0.976. The lowest BCUT2D eigenvalue weighted by molar-refractivity contribution is -0.398. The van der Waals surface area contributed by atoms with Gasteiger partial charge in [0.15, 0.2) is 0 Å². The number of carbonyl (C=O) groups excluding carboxylic acids is 2. The molecule has 0 atom stereocenters. The maximum absolute atomic E-state index is 11.5. The van der Waals surface area contributed by atoms with Gasteiger partial charge in [0.2, 0.25) is 0 Å². The Morgan fingerprint density at radius 2 is 2.08 bits per heavy atom. The first-order valence-corrected chi connectivity index (χ1v) is 7.49. The summed E-state index contributed by atoms with van der Waals surface area (Å²) in [5.74, 6) is -2.56. The monoisotopic (exact) mass is 351 g/mol. The highest BCUT2D eigenvalue weighted by Gasteiger charge is 2.11. The largest absolute Gasteiger partial charge is 0.868 e. The normalized spacial score (nSPS) is 10.8. The summed E-state index contributed by atoms with van der Waals surface area (Å²) < 4.78 is 5.29. The van der Waals surface area contributed by atoms with Crippen molar-refractivity contribution in [3.63, 3.8) is 0 Å².